The quantitative estimate of drug-likeness (QED) is 0.489. The van der Waals surface area contributed by atoms with E-state index in [9.17, 15) is 0 Å². The zero-order chi connectivity index (χ0) is 10.5. The van der Waals surface area contributed by atoms with Crippen LogP contribution in [-0.2, 0) is 0 Å². The van der Waals surface area contributed by atoms with Crippen LogP contribution < -0.4 is 11.5 Å². The van der Waals surface area contributed by atoms with Crippen molar-refractivity contribution in [2.24, 2.45) is 39.6 Å². The van der Waals surface area contributed by atoms with Crippen LogP contribution in [0.3, 0.4) is 0 Å². The number of nitrogens with two attached hydrogens (primary N) is 2. The molecule has 3 heteroatoms. The van der Waals surface area contributed by atoms with Gasteiger partial charge in [0.15, 0.2) is 5.96 Å². The minimum atomic E-state index is 0.251. The van der Waals surface area contributed by atoms with Crippen molar-refractivity contribution in [3.05, 3.63) is 0 Å². The van der Waals surface area contributed by atoms with E-state index in [0.717, 1.165) is 11.8 Å². The smallest absolute Gasteiger partial charge is 0.186 e. The van der Waals surface area contributed by atoms with Gasteiger partial charge in [0.05, 0.1) is 6.04 Å². The second-order valence-corrected chi connectivity index (χ2v) is 5.58. The molecule has 3 saturated carbocycles. The van der Waals surface area contributed by atoms with Crippen molar-refractivity contribution in [3.8, 4) is 0 Å². The number of hydrogen-bond acceptors (Lipinski definition) is 1. The van der Waals surface area contributed by atoms with Crippen LogP contribution in [0.2, 0.25) is 0 Å². The summed E-state index contributed by atoms with van der Waals surface area (Å²) in [4.78, 5) is 4.34. The second kappa shape index (κ2) is 2.88. The van der Waals surface area contributed by atoms with Gasteiger partial charge in [-0.3, -0.25) is 4.99 Å². The number of aliphatic imine (C=N–C) groups is 1. The summed E-state index contributed by atoms with van der Waals surface area (Å²) in [5.41, 5.74) is 11.4. The van der Waals surface area contributed by atoms with Crippen LogP contribution >= 0.6 is 0 Å². The molecule has 0 saturated heterocycles. The van der Waals surface area contributed by atoms with Crippen molar-refractivity contribution in [1.82, 2.24) is 0 Å². The van der Waals surface area contributed by atoms with Gasteiger partial charge in [-0.1, -0.05) is 20.8 Å². The SMILES string of the molecule is C[C@@H]1[C@@H](N=C(N)N)C[C@@H]2C[C@H]1C2(C)C. The maximum Gasteiger partial charge on any atom is 0.186 e. The number of fused-ring (bicyclic) bond motifs is 2. The van der Waals surface area contributed by atoms with Gasteiger partial charge in [-0.2, -0.15) is 0 Å². The lowest BCUT2D eigenvalue weighted by Crippen LogP contribution is -2.56. The molecule has 0 aromatic heterocycles. The normalized spacial score (nSPS) is 43.9. The summed E-state index contributed by atoms with van der Waals surface area (Å²) in [5, 5.41) is 0. The van der Waals surface area contributed by atoms with Gasteiger partial charge in [-0.05, 0) is 36.0 Å². The number of hydrogen-bond donors (Lipinski definition) is 2. The monoisotopic (exact) mass is 195 g/mol. The molecule has 4 atom stereocenters. The van der Waals surface area contributed by atoms with Gasteiger partial charge >= 0.3 is 0 Å². The molecule has 0 spiro atoms. The second-order valence-electron chi connectivity index (χ2n) is 5.58. The Balaban J connectivity index is 2.12. The summed E-state index contributed by atoms with van der Waals surface area (Å²) in [7, 11) is 0. The van der Waals surface area contributed by atoms with Crippen molar-refractivity contribution >= 4 is 5.96 Å². The summed E-state index contributed by atoms with van der Waals surface area (Å²) < 4.78 is 0. The maximum absolute atomic E-state index is 5.44. The number of guanidine groups is 1. The van der Waals surface area contributed by atoms with Gasteiger partial charge < -0.3 is 11.5 Å². The summed E-state index contributed by atoms with van der Waals surface area (Å²) >= 11 is 0. The molecule has 14 heavy (non-hydrogen) atoms. The van der Waals surface area contributed by atoms with Crippen LogP contribution in [0.1, 0.15) is 33.6 Å². The lowest BCUT2D eigenvalue weighted by molar-refractivity contribution is -0.108. The molecule has 0 unspecified atom stereocenters. The van der Waals surface area contributed by atoms with E-state index in [1.54, 1.807) is 0 Å². The van der Waals surface area contributed by atoms with E-state index in [2.05, 4.69) is 25.8 Å². The Labute approximate surface area is 86.0 Å². The van der Waals surface area contributed by atoms with Gasteiger partial charge in [0.25, 0.3) is 0 Å². The van der Waals surface area contributed by atoms with E-state index >= 15 is 0 Å². The molecule has 3 aliphatic rings. The molecule has 0 heterocycles. The molecule has 3 aliphatic carbocycles. The fourth-order valence-corrected chi connectivity index (χ4v) is 3.48. The molecule has 3 nitrogen and oxygen atoms in total. The molecule has 0 radical (unpaired) electrons. The molecule has 4 N–H and O–H groups in total. The molecule has 2 bridgehead atoms. The van der Waals surface area contributed by atoms with Gasteiger partial charge in [0, 0.05) is 0 Å². The minimum Gasteiger partial charge on any atom is -0.370 e. The minimum absolute atomic E-state index is 0.251. The standard InChI is InChI=1S/C11H21N3/c1-6-8-4-7(11(8,2)3)5-9(6)14-10(12)13/h6-9H,4-5H2,1-3H3,(H4,12,13,14)/t6-,7-,8+,9-/m0/s1. The predicted octanol–water partition coefficient (Wildman–Crippen LogP) is 1.33. The van der Waals surface area contributed by atoms with E-state index in [1.807, 2.05) is 0 Å². The Morgan fingerprint density at radius 1 is 1.29 bits per heavy atom. The number of rotatable bonds is 1. The van der Waals surface area contributed by atoms with Crippen molar-refractivity contribution in [1.29, 1.82) is 0 Å². The topological polar surface area (TPSA) is 64.4 Å². The summed E-state index contributed by atoms with van der Waals surface area (Å²) in [6.07, 6.45) is 2.55. The first kappa shape index (κ1) is 9.81. The lowest BCUT2D eigenvalue weighted by Gasteiger charge is -2.61. The molecule has 3 fully saturated rings. The van der Waals surface area contributed by atoms with Gasteiger partial charge in [0.1, 0.15) is 0 Å². The molecular weight excluding hydrogens is 174 g/mol. The maximum atomic E-state index is 5.44. The van der Waals surface area contributed by atoms with Crippen LogP contribution in [-0.4, -0.2) is 12.0 Å². The highest BCUT2D eigenvalue weighted by Gasteiger charge is 2.56. The van der Waals surface area contributed by atoms with Crippen LogP contribution in [0, 0.1) is 23.2 Å². The van der Waals surface area contributed by atoms with Crippen LogP contribution in [0.5, 0.6) is 0 Å². The van der Waals surface area contributed by atoms with Crippen molar-refractivity contribution in [2.75, 3.05) is 0 Å². The summed E-state index contributed by atoms with van der Waals surface area (Å²) in [5.74, 6) is 2.53. The lowest BCUT2D eigenvalue weighted by atomic mass is 9.45. The van der Waals surface area contributed by atoms with Crippen molar-refractivity contribution < 1.29 is 0 Å². The van der Waals surface area contributed by atoms with Gasteiger partial charge in [-0.25, -0.2) is 0 Å². The first-order valence-electron chi connectivity index (χ1n) is 5.51. The average Bonchev–Trinajstić information content (AvgIpc) is 2.06. The van der Waals surface area contributed by atoms with Gasteiger partial charge in [0.2, 0.25) is 0 Å². The summed E-state index contributed by atoms with van der Waals surface area (Å²) in [6.45, 7) is 7.06. The molecular formula is C11H21N3. The highest BCUT2D eigenvalue weighted by molar-refractivity contribution is 5.75. The van der Waals surface area contributed by atoms with Crippen LogP contribution in [0.15, 0.2) is 4.99 Å². The third-order valence-corrected chi connectivity index (χ3v) is 4.63. The summed E-state index contributed by atoms with van der Waals surface area (Å²) in [6, 6.07) is 0.372. The first-order chi connectivity index (χ1) is 6.43. The largest absolute Gasteiger partial charge is 0.370 e. The Bertz CT molecular complexity index is 266. The molecule has 0 aliphatic heterocycles. The first-order valence-corrected chi connectivity index (χ1v) is 5.51. The number of nitrogens with zero attached hydrogens (tertiary/aromatic N) is 1. The third-order valence-electron chi connectivity index (χ3n) is 4.63. The van der Waals surface area contributed by atoms with E-state index in [1.165, 1.54) is 12.8 Å². The van der Waals surface area contributed by atoms with E-state index < -0.39 is 0 Å². The Morgan fingerprint density at radius 2 is 1.93 bits per heavy atom. The Hall–Kier alpha value is -0.730. The van der Waals surface area contributed by atoms with Crippen molar-refractivity contribution in [2.45, 2.75) is 39.7 Å². The van der Waals surface area contributed by atoms with Gasteiger partial charge in [-0.15, -0.1) is 0 Å². The highest BCUT2D eigenvalue weighted by Crippen LogP contribution is 2.61. The predicted molar refractivity (Wildman–Crippen MR) is 58.8 cm³/mol. The average molecular weight is 195 g/mol. The van der Waals surface area contributed by atoms with Crippen LogP contribution in [0.25, 0.3) is 0 Å². The molecule has 0 aromatic carbocycles. The molecule has 0 aromatic rings. The fraction of sp³-hybridized carbons (Fsp3) is 0.909. The molecule has 0 amide bonds. The zero-order valence-corrected chi connectivity index (χ0v) is 9.33. The van der Waals surface area contributed by atoms with E-state index in [-0.39, 0.29) is 5.96 Å². The van der Waals surface area contributed by atoms with E-state index in [4.69, 9.17) is 11.5 Å². The van der Waals surface area contributed by atoms with E-state index in [0.29, 0.717) is 17.4 Å². The third kappa shape index (κ3) is 1.22. The Morgan fingerprint density at radius 3 is 2.36 bits per heavy atom. The molecule has 80 valence electrons. The Kier molecular flexibility index (Phi) is 2.02. The van der Waals surface area contributed by atoms with Crippen LogP contribution in [0.4, 0.5) is 0 Å². The highest BCUT2D eigenvalue weighted by atomic mass is 15.0. The molecule has 3 rings (SSSR count). The van der Waals surface area contributed by atoms with Crippen molar-refractivity contribution in [3.63, 3.8) is 0 Å². The fourth-order valence-electron chi connectivity index (χ4n) is 3.48. The zero-order valence-electron chi connectivity index (χ0n) is 9.33.